The van der Waals surface area contributed by atoms with Crippen LogP contribution in [0.3, 0.4) is 0 Å². The molecule has 0 aromatic heterocycles. The average molecular weight is 429 g/mol. The molecule has 2 aromatic rings. The number of amides is 2. The SMILES string of the molecule is CCCCOc1ccc(NC(=O)C(C)Sc2cccc(NC(=O)CCCC)c2)cc1. The van der Waals surface area contributed by atoms with Crippen molar-refractivity contribution in [2.24, 2.45) is 0 Å². The molecule has 0 heterocycles. The number of benzene rings is 2. The van der Waals surface area contributed by atoms with Crippen molar-refractivity contribution in [1.82, 2.24) is 0 Å². The van der Waals surface area contributed by atoms with Crippen molar-refractivity contribution in [2.45, 2.75) is 63.0 Å². The van der Waals surface area contributed by atoms with Crippen molar-refractivity contribution >= 4 is 35.0 Å². The maximum Gasteiger partial charge on any atom is 0.237 e. The zero-order chi connectivity index (χ0) is 21.8. The van der Waals surface area contributed by atoms with Crippen LogP contribution in [-0.2, 0) is 9.59 Å². The van der Waals surface area contributed by atoms with E-state index in [1.165, 1.54) is 11.8 Å². The summed E-state index contributed by atoms with van der Waals surface area (Å²) in [5, 5.41) is 5.58. The summed E-state index contributed by atoms with van der Waals surface area (Å²) < 4.78 is 5.65. The fourth-order valence-electron chi connectivity index (χ4n) is 2.68. The van der Waals surface area contributed by atoms with E-state index >= 15 is 0 Å². The molecule has 2 amide bonds. The third kappa shape index (κ3) is 8.49. The van der Waals surface area contributed by atoms with E-state index in [9.17, 15) is 9.59 Å². The summed E-state index contributed by atoms with van der Waals surface area (Å²) in [7, 11) is 0. The Morgan fingerprint density at radius 2 is 1.70 bits per heavy atom. The molecule has 2 rings (SSSR count). The largest absolute Gasteiger partial charge is 0.494 e. The Hall–Kier alpha value is -2.47. The van der Waals surface area contributed by atoms with Crippen molar-refractivity contribution < 1.29 is 14.3 Å². The number of rotatable bonds is 12. The van der Waals surface area contributed by atoms with Gasteiger partial charge >= 0.3 is 0 Å². The van der Waals surface area contributed by atoms with Crippen LogP contribution in [0.15, 0.2) is 53.4 Å². The minimum atomic E-state index is -0.281. The molecule has 0 saturated carbocycles. The summed E-state index contributed by atoms with van der Waals surface area (Å²) in [4.78, 5) is 25.4. The van der Waals surface area contributed by atoms with Crippen LogP contribution in [0, 0.1) is 0 Å². The maximum atomic E-state index is 12.6. The summed E-state index contributed by atoms with van der Waals surface area (Å²) in [5.74, 6) is 0.755. The van der Waals surface area contributed by atoms with E-state index in [2.05, 4.69) is 24.5 Å². The van der Waals surface area contributed by atoms with Crippen LogP contribution >= 0.6 is 11.8 Å². The van der Waals surface area contributed by atoms with Crippen LogP contribution in [0.25, 0.3) is 0 Å². The van der Waals surface area contributed by atoms with Crippen molar-refractivity contribution in [3.05, 3.63) is 48.5 Å². The highest BCUT2D eigenvalue weighted by Crippen LogP contribution is 2.27. The second-order valence-corrected chi connectivity index (χ2v) is 8.57. The Morgan fingerprint density at radius 3 is 2.40 bits per heavy atom. The number of hydrogen-bond donors (Lipinski definition) is 2. The van der Waals surface area contributed by atoms with Gasteiger partial charge in [0.05, 0.1) is 11.9 Å². The summed E-state index contributed by atoms with van der Waals surface area (Å²) in [6.07, 6.45) is 4.51. The van der Waals surface area contributed by atoms with Crippen LogP contribution in [-0.4, -0.2) is 23.7 Å². The number of unbranched alkanes of at least 4 members (excludes halogenated alkanes) is 2. The summed E-state index contributed by atoms with van der Waals surface area (Å²) in [6.45, 7) is 6.76. The van der Waals surface area contributed by atoms with Crippen LogP contribution in [0.5, 0.6) is 5.75 Å². The molecule has 0 aliphatic carbocycles. The Kier molecular flexibility index (Phi) is 10.3. The minimum absolute atomic E-state index is 0.0203. The van der Waals surface area contributed by atoms with Gasteiger partial charge < -0.3 is 15.4 Å². The molecule has 162 valence electrons. The van der Waals surface area contributed by atoms with E-state index in [4.69, 9.17) is 4.74 Å². The van der Waals surface area contributed by atoms with Gasteiger partial charge in [0, 0.05) is 22.7 Å². The van der Waals surface area contributed by atoms with Crippen LogP contribution in [0.2, 0.25) is 0 Å². The third-order valence-electron chi connectivity index (χ3n) is 4.45. The van der Waals surface area contributed by atoms with Crippen molar-refractivity contribution in [1.29, 1.82) is 0 Å². The number of hydrogen-bond acceptors (Lipinski definition) is 4. The molecule has 0 saturated heterocycles. The molecule has 2 aromatic carbocycles. The van der Waals surface area contributed by atoms with E-state index in [1.807, 2.05) is 55.5 Å². The summed E-state index contributed by atoms with van der Waals surface area (Å²) >= 11 is 1.46. The van der Waals surface area contributed by atoms with Gasteiger partial charge in [-0.1, -0.05) is 32.8 Å². The second-order valence-electron chi connectivity index (χ2n) is 7.16. The Morgan fingerprint density at radius 1 is 0.967 bits per heavy atom. The van der Waals surface area contributed by atoms with Crippen molar-refractivity contribution in [3.63, 3.8) is 0 Å². The van der Waals surface area contributed by atoms with Crippen molar-refractivity contribution in [2.75, 3.05) is 17.2 Å². The number of anilines is 2. The molecule has 5 nitrogen and oxygen atoms in total. The average Bonchev–Trinajstić information content (AvgIpc) is 2.74. The first-order chi connectivity index (χ1) is 14.5. The molecule has 1 unspecified atom stereocenters. The van der Waals surface area contributed by atoms with Crippen LogP contribution < -0.4 is 15.4 Å². The lowest BCUT2D eigenvalue weighted by Gasteiger charge is -2.13. The number of carbonyl (C=O) groups is 2. The summed E-state index contributed by atoms with van der Waals surface area (Å²) in [6, 6.07) is 15.0. The van der Waals surface area contributed by atoms with E-state index in [0.29, 0.717) is 13.0 Å². The van der Waals surface area contributed by atoms with Crippen LogP contribution in [0.4, 0.5) is 11.4 Å². The topological polar surface area (TPSA) is 67.4 Å². The zero-order valence-electron chi connectivity index (χ0n) is 18.1. The highest BCUT2D eigenvalue weighted by Gasteiger charge is 2.15. The molecule has 0 fully saturated rings. The quantitative estimate of drug-likeness (QED) is 0.316. The normalized spacial score (nSPS) is 11.6. The monoisotopic (exact) mass is 428 g/mol. The Balaban J connectivity index is 1.86. The number of ether oxygens (including phenoxy) is 1. The van der Waals surface area contributed by atoms with Gasteiger partial charge in [0.2, 0.25) is 11.8 Å². The summed E-state index contributed by atoms with van der Waals surface area (Å²) in [5.41, 5.74) is 1.50. The molecule has 0 aliphatic heterocycles. The van der Waals surface area contributed by atoms with E-state index in [-0.39, 0.29) is 17.1 Å². The van der Waals surface area contributed by atoms with Gasteiger partial charge in [-0.15, -0.1) is 11.8 Å². The Bertz CT molecular complexity index is 808. The third-order valence-corrected chi connectivity index (χ3v) is 5.54. The maximum absolute atomic E-state index is 12.6. The first kappa shape index (κ1) is 23.8. The minimum Gasteiger partial charge on any atom is -0.494 e. The van der Waals surface area contributed by atoms with Gasteiger partial charge in [-0.25, -0.2) is 0 Å². The van der Waals surface area contributed by atoms with Gasteiger partial charge in [-0.2, -0.15) is 0 Å². The molecule has 2 N–H and O–H groups in total. The zero-order valence-corrected chi connectivity index (χ0v) is 18.9. The van der Waals surface area contributed by atoms with Gasteiger partial charge in [0.25, 0.3) is 0 Å². The van der Waals surface area contributed by atoms with E-state index in [0.717, 1.165) is 47.7 Å². The van der Waals surface area contributed by atoms with Gasteiger partial charge in [-0.3, -0.25) is 9.59 Å². The Labute approximate surface area is 184 Å². The first-order valence-corrected chi connectivity index (χ1v) is 11.5. The number of nitrogens with one attached hydrogen (secondary N) is 2. The fourth-order valence-corrected chi connectivity index (χ4v) is 3.60. The molecule has 0 radical (unpaired) electrons. The molecule has 0 aliphatic rings. The molecular weight excluding hydrogens is 396 g/mol. The van der Waals surface area contributed by atoms with Gasteiger partial charge in [-0.05, 0) is 62.2 Å². The molecule has 1 atom stereocenters. The van der Waals surface area contributed by atoms with Crippen LogP contribution in [0.1, 0.15) is 52.9 Å². The highest BCUT2D eigenvalue weighted by atomic mass is 32.2. The van der Waals surface area contributed by atoms with E-state index in [1.54, 1.807) is 0 Å². The van der Waals surface area contributed by atoms with Crippen molar-refractivity contribution in [3.8, 4) is 5.75 Å². The predicted molar refractivity (Wildman–Crippen MR) is 125 cm³/mol. The van der Waals surface area contributed by atoms with Gasteiger partial charge in [0.15, 0.2) is 0 Å². The second kappa shape index (κ2) is 13.0. The number of carbonyl (C=O) groups excluding carboxylic acids is 2. The highest BCUT2D eigenvalue weighted by molar-refractivity contribution is 8.00. The van der Waals surface area contributed by atoms with E-state index < -0.39 is 0 Å². The molecule has 0 bridgehead atoms. The lowest BCUT2D eigenvalue weighted by atomic mass is 10.2. The fraction of sp³-hybridized carbons (Fsp3) is 0.417. The lowest BCUT2D eigenvalue weighted by Crippen LogP contribution is -2.22. The first-order valence-electron chi connectivity index (χ1n) is 10.6. The molecule has 0 spiro atoms. The molecule has 6 heteroatoms. The van der Waals surface area contributed by atoms with Gasteiger partial charge in [0.1, 0.15) is 5.75 Å². The smallest absolute Gasteiger partial charge is 0.237 e. The number of thioether (sulfide) groups is 1. The standard InChI is InChI=1S/C24H32N2O3S/c1-4-6-11-23(27)25-20-9-8-10-22(17-20)30-18(3)24(28)26-19-12-14-21(15-13-19)29-16-7-5-2/h8-10,12-15,17-18H,4-7,11,16H2,1-3H3,(H,25,27)(H,26,28). The molecular formula is C24H32N2O3S. The predicted octanol–water partition coefficient (Wildman–Crippen LogP) is 6.11. The molecule has 30 heavy (non-hydrogen) atoms. The lowest BCUT2D eigenvalue weighted by molar-refractivity contribution is -0.116.